The van der Waals surface area contributed by atoms with Crippen LogP contribution in [0.15, 0.2) is 24.3 Å². The summed E-state index contributed by atoms with van der Waals surface area (Å²) in [5.41, 5.74) is 1.99. The molecule has 0 aliphatic heterocycles. The molecule has 0 saturated carbocycles. The maximum absolute atomic E-state index is 11.6. The van der Waals surface area contributed by atoms with Crippen molar-refractivity contribution >= 4 is 11.6 Å². The highest BCUT2D eigenvalue weighted by Gasteiger charge is 2.10. The van der Waals surface area contributed by atoms with Crippen molar-refractivity contribution < 1.29 is 4.79 Å². The lowest BCUT2D eigenvalue weighted by Crippen LogP contribution is -2.19. The summed E-state index contributed by atoms with van der Waals surface area (Å²) >= 11 is 0. The molecule has 1 atom stereocenters. The van der Waals surface area contributed by atoms with Gasteiger partial charge in [0.2, 0.25) is 5.91 Å². The molecule has 0 radical (unpaired) electrons. The van der Waals surface area contributed by atoms with Crippen molar-refractivity contribution in [2.45, 2.75) is 20.3 Å². The smallest absolute Gasteiger partial charge is 0.228 e. The molecule has 2 heteroatoms. The summed E-state index contributed by atoms with van der Waals surface area (Å²) < 4.78 is 0. The molecule has 0 saturated heterocycles. The van der Waals surface area contributed by atoms with Crippen LogP contribution in [0.25, 0.3) is 0 Å². The molecule has 2 nitrogen and oxygen atoms in total. The van der Waals surface area contributed by atoms with E-state index in [1.807, 2.05) is 38.1 Å². The van der Waals surface area contributed by atoms with Gasteiger partial charge in [0.15, 0.2) is 0 Å². The van der Waals surface area contributed by atoms with Gasteiger partial charge < -0.3 is 5.32 Å². The first-order valence-electron chi connectivity index (χ1n) is 4.94. The Hall–Kier alpha value is -1.75. The van der Waals surface area contributed by atoms with Gasteiger partial charge in [-0.15, -0.1) is 12.3 Å². The Bertz CT molecular complexity index is 373. The van der Waals surface area contributed by atoms with E-state index in [2.05, 4.69) is 11.2 Å². The SMILES string of the molecule is C#CCC(C)C(=O)Nc1ccc(C)cc1. The number of rotatable bonds is 3. The van der Waals surface area contributed by atoms with Crippen molar-refractivity contribution in [1.29, 1.82) is 0 Å². The summed E-state index contributed by atoms with van der Waals surface area (Å²) in [6.07, 6.45) is 5.62. The average molecular weight is 201 g/mol. The fourth-order valence-electron chi connectivity index (χ4n) is 1.17. The molecule has 78 valence electrons. The molecule has 1 aromatic rings. The highest BCUT2D eigenvalue weighted by atomic mass is 16.1. The van der Waals surface area contributed by atoms with Crippen molar-refractivity contribution in [2.75, 3.05) is 5.32 Å². The number of carbonyl (C=O) groups is 1. The Kier molecular flexibility index (Phi) is 3.93. The summed E-state index contributed by atoms with van der Waals surface area (Å²) in [4.78, 5) is 11.6. The second-order valence-corrected chi connectivity index (χ2v) is 3.66. The number of hydrogen-bond donors (Lipinski definition) is 1. The zero-order valence-electron chi connectivity index (χ0n) is 9.08. The third-order valence-electron chi connectivity index (χ3n) is 2.19. The quantitative estimate of drug-likeness (QED) is 0.748. The van der Waals surface area contributed by atoms with Crippen molar-refractivity contribution in [1.82, 2.24) is 0 Å². The molecule has 0 aliphatic carbocycles. The number of nitrogens with one attached hydrogen (secondary N) is 1. The van der Waals surface area contributed by atoms with Crippen molar-refractivity contribution in [3.8, 4) is 12.3 Å². The van der Waals surface area contributed by atoms with Gasteiger partial charge in [0.1, 0.15) is 0 Å². The van der Waals surface area contributed by atoms with Crippen LogP contribution in [0.4, 0.5) is 5.69 Å². The lowest BCUT2D eigenvalue weighted by Gasteiger charge is -2.09. The van der Waals surface area contributed by atoms with E-state index in [4.69, 9.17) is 6.42 Å². The predicted molar refractivity (Wildman–Crippen MR) is 62.4 cm³/mol. The molecule has 1 rings (SSSR count). The van der Waals surface area contributed by atoms with E-state index in [9.17, 15) is 4.79 Å². The molecular weight excluding hydrogens is 186 g/mol. The van der Waals surface area contributed by atoms with Gasteiger partial charge >= 0.3 is 0 Å². The van der Waals surface area contributed by atoms with Crippen LogP contribution in [0.3, 0.4) is 0 Å². The number of hydrogen-bond acceptors (Lipinski definition) is 1. The molecule has 0 heterocycles. The molecule has 0 fully saturated rings. The van der Waals surface area contributed by atoms with Gasteiger partial charge in [0.05, 0.1) is 0 Å². The van der Waals surface area contributed by atoms with E-state index >= 15 is 0 Å². The van der Waals surface area contributed by atoms with Gasteiger partial charge in [-0.25, -0.2) is 0 Å². The highest BCUT2D eigenvalue weighted by Crippen LogP contribution is 2.11. The summed E-state index contributed by atoms with van der Waals surface area (Å²) in [7, 11) is 0. The second kappa shape index (κ2) is 5.21. The van der Waals surface area contributed by atoms with Crippen LogP contribution < -0.4 is 5.32 Å². The van der Waals surface area contributed by atoms with Crippen LogP contribution in [0.2, 0.25) is 0 Å². The lowest BCUT2D eigenvalue weighted by molar-refractivity contribution is -0.119. The molecule has 1 unspecified atom stereocenters. The predicted octanol–water partition coefficient (Wildman–Crippen LogP) is 2.59. The summed E-state index contributed by atoms with van der Waals surface area (Å²) in [5, 5.41) is 2.82. The standard InChI is InChI=1S/C13H15NO/c1-4-5-11(3)13(15)14-12-8-6-10(2)7-9-12/h1,6-9,11H,5H2,2-3H3,(H,14,15). The topological polar surface area (TPSA) is 29.1 Å². The first-order valence-corrected chi connectivity index (χ1v) is 4.94. The van der Waals surface area contributed by atoms with Crippen LogP contribution in [-0.4, -0.2) is 5.91 Å². The number of amides is 1. The number of anilines is 1. The van der Waals surface area contributed by atoms with E-state index < -0.39 is 0 Å². The molecule has 0 spiro atoms. The molecule has 0 aromatic heterocycles. The Balaban J connectivity index is 2.59. The summed E-state index contributed by atoms with van der Waals surface area (Å²) in [6.45, 7) is 3.83. The Morgan fingerprint density at radius 3 is 2.60 bits per heavy atom. The third kappa shape index (κ3) is 3.47. The van der Waals surface area contributed by atoms with Gasteiger partial charge in [-0.1, -0.05) is 24.6 Å². The second-order valence-electron chi connectivity index (χ2n) is 3.66. The highest BCUT2D eigenvalue weighted by molar-refractivity contribution is 5.92. The van der Waals surface area contributed by atoms with Crippen LogP contribution in [0, 0.1) is 25.2 Å². The monoisotopic (exact) mass is 201 g/mol. The number of aryl methyl sites for hydroxylation is 1. The average Bonchev–Trinajstić information content (AvgIpc) is 2.22. The van der Waals surface area contributed by atoms with Crippen LogP contribution >= 0.6 is 0 Å². The fourth-order valence-corrected chi connectivity index (χ4v) is 1.17. The first kappa shape index (κ1) is 11.3. The van der Waals surface area contributed by atoms with E-state index in [0.717, 1.165) is 5.69 Å². The van der Waals surface area contributed by atoms with Crippen LogP contribution in [0.5, 0.6) is 0 Å². The van der Waals surface area contributed by atoms with E-state index in [1.165, 1.54) is 5.56 Å². The number of carbonyl (C=O) groups excluding carboxylic acids is 1. The van der Waals surface area contributed by atoms with Crippen molar-refractivity contribution in [2.24, 2.45) is 5.92 Å². The first-order chi connectivity index (χ1) is 7.13. The van der Waals surface area contributed by atoms with Gasteiger partial charge in [-0.05, 0) is 19.1 Å². The Morgan fingerprint density at radius 2 is 2.07 bits per heavy atom. The molecular formula is C13H15NO. The Labute approximate surface area is 90.7 Å². The maximum atomic E-state index is 11.6. The zero-order chi connectivity index (χ0) is 11.3. The fraction of sp³-hybridized carbons (Fsp3) is 0.308. The molecule has 0 aliphatic rings. The lowest BCUT2D eigenvalue weighted by atomic mass is 10.1. The molecule has 0 bridgehead atoms. The normalized spacial score (nSPS) is 11.5. The number of terminal acetylenes is 1. The zero-order valence-corrected chi connectivity index (χ0v) is 9.08. The van der Waals surface area contributed by atoms with Gasteiger partial charge in [-0.3, -0.25) is 4.79 Å². The van der Waals surface area contributed by atoms with Crippen molar-refractivity contribution in [3.63, 3.8) is 0 Å². The van der Waals surface area contributed by atoms with Gasteiger partial charge in [-0.2, -0.15) is 0 Å². The molecule has 1 N–H and O–H groups in total. The largest absolute Gasteiger partial charge is 0.326 e. The van der Waals surface area contributed by atoms with Crippen LogP contribution in [-0.2, 0) is 4.79 Å². The van der Waals surface area contributed by atoms with Crippen LogP contribution in [0.1, 0.15) is 18.9 Å². The van der Waals surface area contributed by atoms with Gasteiger partial charge in [0.25, 0.3) is 0 Å². The molecule has 15 heavy (non-hydrogen) atoms. The Morgan fingerprint density at radius 1 is 1.47 bits per heavy atom. The maximum Gasteiger partial charge on any atom is 0.228 e. The summed E-state index contributed by atoms with van der Waals surface area (Å²) in [6, 6.07) is 7.69. The summed E-state index contributed by atoms with van der Waals surface area (Å²) in [5.74, 6) is 2.31. The minimum atomic E-state index is -0.142. The number of benzene rings is 1. The molecule has 1 aromatic carbocycles. The third-order valence-corrected chi connectivity index (χ3v) is 2.19. The van der Waals surface area contributed by atoms with E-state index in [0.29, 0.717) is 6.42 Å². The van der Waals surface area contributed by atoms with Gasteiger partial charge in [0, 0.05) is 18.0 Å². The van der Waals surface area contributed by atoms with E-state index in [-0.39, 0.29) is 11.8 Å². The van der Waals surface area contributed by atoms with E-state index in [1.54, 1.807) is 0 Å². The van der Waals surface area contributed by atoms with Crippen molar-refractivity contribution in [3.05, 3.63) is 29.8 Å². The minimum Gasteiger partial charge on any atom is -0.326 e. The molecule has 1 amide bonds. The minimum absolute atomic E-state index is 0.0307.